The van der Waals surface area contributed by atoms with Crippen LogP contribution in [0.5, 0.6) is 0 Å². The van der Waals surface area contributed by atoms with Gasteiger partial charge in [0.25, 0.3) is 0 Å². The van der Waals surface area contributed by atoms with Gasteiger partial charge in [0.05, 0.1) is 12.1 Å². The average Bonchev–Trinajstić information content (AvgIpc) is 2.47. The van der Waals surface area contributed by atoms with Crippen LogP contribution >= 0.6 is 15.9 Å². The van der Waals surface area contributed by atoms with Gasteiger partial charge >= 0.3 is 0 Å². The van der Waals surface area contributed by atoms with E-state index in [1.165, 1.54) is 0 Å². The summed E-state index contributed by atoms with van der Waals surface area (Å²) in [5, 5.41) is 14.5. The SMILES string of the molecule is NC(=NO)c1ccccc1NC(=O)Cc1cccc(Br)c1. The fourth-order valence-electron chi connectivity index (χ4n) is 1.90. The van der Waals surface area contributed by atoms with Crippen molar-refractivity contribution in [1.82, 2.24) is 0 Å². The summed E-state index contributed by atoms with van der Waals surface area (Å²) in [7, 11) is 0. The van der Waals surface area contributed by atoms with Gasteiger partial charge in [-0.25, -0.2) is 0 Å². The topological polar surface area (TPSA) is 87.7 Å². The molecule has 0 unspecified atom stereocenters. The number of benzene rings is 2. The summed E-state index contributed by atoms with van der Waals surface area (Å²) >= 11 is 3.37. The Hall–Kier alpha value is -2.34. The summed E-state index contributed by atoms with van der Waals surface area (Å²) in [5.41, 5.74) is 7.46. The quantitative estimate of drug-likeness (QED) is 0.344. The molecule has 0 aliphatic heterocycles. The van der Waals surface area contributed by atoms with E-state index in [2.05, 4.69) is 26.4 Å². The Morgan fingerprint density at radius 3 is 2.71 bits per heavy atom. The van der Waals surface area contributed by atoms with Gasteiger partial charge in [-0.3, -0.25) is 4.79 Å². The van der Waals surface area contributed by atoms with Crippen molar-refractivity contribution in [3.05, 3.63) is 64.1 Å². The Bertz CT molecular complexity index is 686. The van der Waals surface area contributed by atoms with E-state index in [4.69, 9.17) is 10.9 Å². The molecule has 0 saturated heterocycles. The smallest absolute Gasteiger partial charge is 0.228 e. The number of nitrogens with zero attached hydrogens (tertiary/aromatic N) is 1. The van der Waals surface area contributed by atoms with E-state index >= 15 is 0 Å². The Balaban J connectivity index is 2.13. The van der Waals surface area contributed by atoms with E-state index in [0.29, 0.717) is 11.3 Å². The number of carbonyl (C=O) groups excluding carboxylic acids is 1. The summed E-state index contributed by atoms with van der Waals surface area (Å²) in [6.45, 7) is 0. The monoisotopic (exact) mass is 347 g/mol. The van der Waals surface area contributed by atoms with Gasteiger partial charge in [0.1, 0.15) is 0 Å². The maximum Gasteiger partial charge on any atom is 0.228 e. The second-order valence-corrected chi connectivity index (χ2v) is 5.30. The third kappa shape index (κ3) is 4.06. The van der Waals surface area contributed by atoms with E-state index in [9.17, 15) is 4.79 Å². The molecule has 0 bridgehead atoms. The second kappa shape index (κ2) is 6.90. The number of amidine groups is 1. The number of anilines is 1. The van der Waals surface area contributed by atoms with Crippen molar-refractivity contribution in [3.63, 3.8) is 0 Å². The molecule has 0 aliphatic carbocycles. The molecule has 6 heteroatoms. The lowest BCUT2D eigenvalue weighted by molar-refractivity contribution is -0.115. The molecule has 0 saturated carbocycles. The maximum absolute atomic E-state index is 12.1. The van der Waals surface area contributed by atoms with Crippen molar-refractivity contribution in [3.8, 4) is 0 Å². The number of oxime groups is 1. The normalized spacial score (nSPS) is 11.2. The third-order valence-electron chi connectivity index (χ3n) is 2.84. The van der Waals surface area contributed by atoms with Crippen LogP contribution in [-0.2, 0) is 11.2 Å². The highest BCUT2D eigenvalue weighted by Crippen LogP contribution is 2.16. The Labute approximate surface area is 130 Å². The fraction of sp³-hybridized carbons (Fsp3) is 0.0667. The number of hydrogen-bond acceptors (Lipinski definition) is 3. The first-order valence-corrected chi connectivity index (χ1v) is 7.00. The van der Waals surface area contributed by atoms with E-state index in [0.717, 1.165) is 10.0 Å². The predicted octanol–water partition coefficient (Wildman–Crippen LogP) is 2.72. The molecule has 2 aromatic carbocycles. The Kier molecular flexibility index (Phi) is 4.94. The molecule has 0 aliphatic rings. The molecule has 0 atom stereocenters. The number of para-hydroxylation sites is 1. The standard InChI is InChI=1S/C15H14BrN3O2/c16-11-5-3-4-10(8-11)9-14(20)18-13-7-2-1-6-12(13)15(17)19-21/h1-8,21H,9H2,(H2,17,19)(H,18,20). The molecular weight excluding hydrogens is 334 g/mol. The largest absolute Gasteiger partial charge is 0.409 e. The van der Waals surface area contributed by atoms with E-state index in [1.54, 1.807) is 24.3 Å². The number of carbonyl (C=O) groups is 1. The second-order valence-electron chi connectivity index (χ2n) is 4.39. The molecule has 4 N–H and O–H groups in total. The van der Waals surface area contributed by atoms with Crippen molar-refractivity contribution >= 4 is 33.4 Å². The van der Waals surface area contributed by atoms with Crippen molar-refractivity contribution in [1.29, 1.82) is 0 Å². The first-order chi connectivity index (χ1) is 10.1. The lowest BCUT2D eigenvalue weighted by Crippen LogP contribution is -2.20. The Morgan fingerprint density at radius 2 is 2.00 bits per heavy atom. The fourth-order valence-corrected chi connectivity index (χ4v) is 2.34. The van der Waals surface area contributed by atoms with Crippen molar-refractivity contribution < 1.29 is 10.0 Å². The molecule has 0 radical (unpaired) electrons. The zero-order chi connectivity index (χ0) is 15.2. The number of halogens is 1. The Morgan fingerprint density at radius 1 is 1.24 bits per heavy atom. The number of nitrogens with one attached hydrogen (secondary N) is 1. The summed E-state index contributed by atoms with van der Waals surface area (Å²) in [5.74, 6) is -0.223. The first-order valence-electron chi connectivity index (χ1n) is 6.21. The minimum absolute atomic E-state index is 0.0478. The molecule has 0 aromatic heterocycles. The van der Waals surface area contributed by atoms with Crippen LogP contribution in [-0.4, -0.2) is 17.0 Å². The highest BCUT2D eigenvalue weighted by molar-refractivity contribution is 9.10. The van der Waals surface area contributed by atoms with E-state index in [-0.39, 0.29) is 18.2 Å². The predicted molar refractivity (Wildman–Crippen MR) is 85.4 cm³/mol. The summed E-state index contributed by atoms with van der Waals surface area (Å²) in [6.07, 6.45) is 0.240. The van der Waals surface area contributed by atoms with Crippen LogP contribution in [0.15, 0.2) is 58.2 Å². The molecule has 2 rings (SSSR count). The van der Waals surface area contributed by atoms with Crippen molar-refractivity contribution in [2.75, 3.05) is 5.32 Å². The first kappa shape index (κ1) is 15.1. The summed E-state index contributed by atoms with van der Waals surface area (Å²) < 4.78 is 0.921. The minimum atomic E-state index is -0.175. The third-order valence-corrected chi connectivity index (χ3v) is 3.33. The van der Waals surface area contributed by atoms with Crippen LogP contribution in [0.2, 0.25) is 0 Å². The number of nitrogens with two attached hydrogens (primary N) is 1. The molecule has 108 valence electrons. The van der Waals surface area contributed by atoms with Crippen LogP contribution in [0, 0.1) is 0 Å². The molecular formula is C15H14BrN3O2. The van der Waals surface area contributed by atoms with Gasteiger partial charge in [0.2, 0.25) is 5.91 Å². The summed E-state index contributed by atoms with van der Waals surface area (Å²) in [6, 6.07) is 14.4. The van der Waals surface area contributed by atoms with Gasteiger partial charge < -0.3 is 16.3 Å². The van der Waals surface area contributed by atoms with Crippen LogP contribution in [0.4, 0.5) is 5.69 Å². The van der Waals surface area contributed by atoms with Crippen LogP contribution in [0.3, 0.4) is 0 Å². The molecule has 0 spiro atoms. The number of hydrogen-bond donors (Lipinski definition) is 3. The minimum Gasteiger partial charge on any atom is -0.409 e. The summed E-state index contributed by atoms with van der Waals surface area (Å²) in [4.78, 5) is 12.1. The van der Waals surface area contributed by atoms with Gasteiger partial charge in [0.15, 0.2) is 5.84 Å². The van der Waals surface area contributed by atoms with Crippen LogP contribution in [0.25, 0.3) is 0 Å². The highest BCUT2D eigenvalue weighted by Gasteiger charge is 2.10. The zero-order valence-electron chi connectivity index (χ0n) is 11.1. The van der Waals surface area contributed by atoms with Crippen LogP contribution < -0.4 is 11.1 Å². The van der Waals surface area contributed by atoms with Gasteiger partial charge in [-0.2, -0.15) is 0 Å². The van der Waals surface area contributed by atoms with E-state index in [1.807, 2.05) is 24.3 Å². The molecule has 5 nitrogen and oxygen atoms in total. The molecule has 1 amide bonds. The number of rotatable bonds is 4. The number of amides is 1. The zero-order valence-corrected chi connectivity index (χ0v) is 12.7. The van der Waals surface area contributed by atoms with Crippen molar-refractivity contribution in [2.24, 2.45) is 10.9 Å². The van der Waals surface area contributed by atoms with Gasteiger partial charge in [-0.15, -0.1) is 0 Å². The lowest BCUT2D eigenvalue weighted by Gasteiger charge is -2.10. The average molecular weight is 348 g/mol. The molecule has 0 fully saturated rings. The van der Waals surface area contributed by atoms with Gasteiger partial charge in [-0.1, -0.05) is 45.4 Å². The van der Waals surface area contributed by atoms with Crippen molar-refractivity contribution in [2.45, 2.75) is 6.42 Å². The molecule has 0 heterocycles. The van der Waals surface area contributed by atoms with Crippen LogP contribution in [0.1, 0.15) is 11.1 Å². The maximum atomic E-state index is 12.1. The van der Waals surface area contributed by atoms with Gasteiger partial charge in [0, 0.05) is 10.0 Å². The van der Waals surface area contributed by atoms with E-state index < -0.39 is 0 Å². The van der Waals surface area contributed by atoms with Gasteiger partial charge in [-0.05, 0) is 29.8 Å². The molecule has 21 heavy (non-hydrogen) atoms. The highest BCUT2D eigenvalue weighted by atomic mass is 79.9. The lowest BCUT2D eigenvalue weighted by atomic mass is 10.1. The molecule has 2 aromatic rings.